The van der Waals surface area contributed by atoms with Crippen molar-refractivity contribution in [3.63, 3.8) is 0 Å². The Hall–Kier alpha value is -3.02. The number of allylic oxidation sites excluding steroid dienone is 1. The molecule has 1 spiro atoms. The molecule has 1 saturated carbocycles. The molecule has 3 heterocycles. The fraction of sp³-hybridized carbons (Fsp3) is 0.632. The molecule has 1 unspecified atom stereocenters. The first-order chi connectivity index (χ1) is 23.6. The van der Waals surface area contributed by atoms with Crippen molar-refractivity contribution in [3.8, 4) is 0 Å². The van der Waals surface area contributed by atoms with Crippen LogP contribution in [-0.4, -0.2) is 93.0 Å². The number of carbonyl (C=O) groups excluding carboxylic acids is 4. The second kappa shape index (κ2) is 16.3. The standard InChI is InChI=1S/C38H52BrN3O7/c1-5-7-18-30(44)48-23-29(25-14-10-8-11-15-25)40-35(45)31-32-36(46)42(27(22-43)20-24(3)4)34(38(32)21-28(39)33(31)49-38)37(47)41(19-6-2)26-16-12-9-13-17-26/h5-6,8,10-11,14-15,24,26-29,31-34,43H,1-2,7,9,12-13,16-23H2,3-4H3,(H,40,45)/t27-,28?,29+,31+,32-,33+,34+,38-/m1/s1. The predicted molar refractivity (Wildman–Crippen MR) is 189 cm³/mol. The Kier molecular flexibility index (Phi) is 12.4. The molecule has 49 heavy (non-hydrogen) atoms. The minimum absolute atomic E-state index is 0.0163. The van der Waals surface area contributed by atoms with Gasteiger partial charge in [-0.05, 0) is 43.6 Å². The first-order valence-corrected chi connectivity index (χ1v) is 18.8. The van der Waals surface area contributed by atoms with Gasteiger partial charge in [0, 0.05) is 23.8 Å². The summed E-state index contributed by atoms with van der Waals surface area (Å²) in [5, 5.41) is 13.8. The molecule has 3 saturated heterocycles. The van der Waals surface area contributed by atoms with Gasteiger partial charge in [-0.1, -0.05) is 91.5 Å². The highest BCUT2D eigenvalue weighted by atomic mass is 79.9. The van der Waals surface area contributed by atoms with E-state index in [2.05, 4.69) is 34.4 Å². The van der Waals surface area contributed by atoms with Gasteiger partial charge < -0.3 is 29.7 Å². The fourth-order valence-corrected chi connectivity index (χ4v) is 9.55. The number of fused-ring (bicyclic) bond motifs is 1. The number of hydrogen-bond donors (Lipinski definition) is 2. The van der Waals surface area contributed by atoms with Crippen molar-refractivity contribution in [1.82, 2.24) is 15.1 Å². The first-order valence-electron chi connectivity index (χ1n) is 17.9. The van der Waals surface area contributed by atoms with E-state index in [9.17, 15) is 24.3 Å². The fourth-order valence-electron chi connectivity index (χ4n) is 8.61. The van der Waals surface area contributed by atoms with Gasteiger partial charge in [0.05, 0.1) is 36.6 Å². The Morgan fingerprint density at radius 2 is 1.88 bits per heavy atom. The van der Waals surface area contributed by atoms with Crippen LogP contribution < -0.4 is 5.32 Å². The van der Waals surface area contributed by atoms with E-state index in [0.29, 0.717) is 25.8 Å². The van der Waals surface area contributed by atoms with Crippen molar-refractivity contribution in [2.24, 2.45) is 17.8 Å². The number of hydrogen-bond acceptors (Lipinski definition) is 7. The zero-order chi connectivity index (χ0) is 35.3. The van der Waals surface area contributed by atoms with E-state index in [1.54, 1.807) is 17.1 Å². The van der Waals surface area contributed by atoms with Crippen molar-refractivity contribution in [3.05, 3.63) is 61.2 Å². The number of alkyl halides is 1. The van der Waals surface area contributed by atoms with Crippen LogP contribution in [0.15, 0.2) is 55.6 Å². The average molecular weight is 743 g/mol. The number of likely N-dealkylation sites (tertiary alicyclic amines) is 1. The Bertz CT molecular complexity index is 1370. The summed E-state index contributed by atoms with van der Waals surface area (Å²) < 4.78 is 12.4. The number of rotatable bonds is 16. The van der Waals surface area contributed by atoms with Gasteiger partial charge in [0.15, 0.2) is 0 Å². The number of halogens is 1. The van der Waals surface area contributed by atoms with Crippen LogP contribution in [0.1, 0.15) is 83.2 Å². The average Bonchev–Trinajstić information content (AvgIpc) is 3.70. The third-order valence-corrected chi connectivity index (χ3v) is 11.6. The van der Waals surface area contributed by atoms with E-state index in [1.165, 1.54) is 0 Å². The van der Waals surface area contributed by atoms with Crippen LogP contribution in [0.2, 0.25) is 0 Å². The molecule has 0 radical (unpaired) electrons. The molecule has 11 heteroatoms. The Balaban J connectivity index is 1.50. The molecular weight excluding hydrogens is 690 g/mol. The van der Waals surface area contributed by atoms with Crippen LogP contribution in [-0.2, 0) is 28.7 Å². The lowest BCUT2D eigenvalue weighted by molar-refractivity contribution is -0.153. The quantitative estimate of drug-likeness (QED) is 0.141. The van der Waals surface area contributed by atoms with E-state index in [4.69, 9.17) is 9.47 Å². The number of nitrogens with zero attached hydrogens (tertiary/aromatic N) is 2. The summed E-state index contributed by atoms with van der Waals surface area (Å²) in [6, 6.07) is 6.98. The molecule has 268 valence electrons. The van der Waals surface area contributed by atoms with E-state index in [1.807, 2.05) is 49.1 Å². The molecular formula is C38H52BrN3O7. The lowest BCUT2D eigenvalue weighted by atomic mass is 9.70. The highest BCUT2D eigenvalue weighted by molar-refractivity contribution is 9.09. The highest BCUT2D eigenvalue weighted by Crippen LogP contribution is 2.61. The summed E-state index contributed by atoms with van der Waals surface area (Å²) in [6.07, 6.45) is 9.17. The largest absolute Gasteiger partial charge is 0.463 e. The summed E-state index contributed by atoms with van der Waals surface area (Å²) in [7, 11) is 0. The monoisotopic (exact) mass is 741 g/mol. The zero-order valence-corrected chi connectivity index (χ0v) is 30.4. The maximum atomic E-state index is 14.9. The number of carbonyl (C=O) groups is 4. The van der Waals surface area contributed by atoms with Crippen molar-refractivity contribution < 1.29 is 33.8 Å². The molecule has 10 nitrogen and oxygen atoms in total. The second-order valence-electron chi connectivity index (χ2n) is 14.4. The van der Waals surface area contributed by atoms with Gasteiger partial charge in [-0.3, -0.25) is 19.2 Å². The molecule has 2 bridgehead atoms. The summed E-state index contributed by atoms with van der Waals surface area (Å²) in [6.45, 7) is 11.6. The maximum Gasteiger partial charge on any atom is 0.306 e. The summed E-state index contributed by atoms with van der Waals surface area (Å²) in [4.78, 5) is 59.8. The molecule has 4 aliphatic rings. The molecule has 5 rings (SSSR count). The van der Waals surface area contributed by atoms with E-state index in [0.717, 1.165) is 37.7 Å². The molecule has 1 aliphatic carbocycles. The van der Waals surface area contributed by atoms with Gasteiger partial charge in [0.2, 0.25) is 17.7 Å². The number of esters is 1. The Morgan fingerprint density at radius 3 is 2.51 bits per heavy atom. The molecule has 4 fully saturated rings. The van der Waals surface area contributed by atoms with Gasteiger partial charge in [-0.15, -0.1) is 13.2 Å². The lowest BCUT2D eigenvalue weighted by Crippen LogP contribution is -2.60. The van der Waals surface area contributed by atoms with Crippen molar-refractivity contribution in [2.75, 3.05) is 19.8 Å². The zero-order valence-electron chi connectivity index (χ0n) is 28.8. The minimum atomic E-state index is -1.26. The number of aliphatic hydroxyl groups is 1. The van der Waals surface area contributed by atoms with Crippen LogP contribution in [0.3, 0.4) is 0 Å². The molecule has 3 amide bonds. The lowest BCUT2D eigenvalue weighted by Gasteiger charge is -2.42. The van der Waals surface area contributed by atoms with Crippen molar-refractivity contribution in [2.45, 2.75) is 112 Å². The molecule has 0 aromatic heterocycles. The smallest absolute Gasteiger partial charge is 0.306 e. The van der Waals surface area contributed by atoms with Gasteiger partial charge in [-0.2, -0.15) is 0 Å². The van der Waals surface area contributed by atoms with Crippen LogP contribution in [0.4, 0.5) is 0 Å². The summed E-state index contributed by atoms with van der Waals surface area (Å²) >= 11 is 3.77. The third-order valence-electron chi connectivity index (χ3n) is 10.7. The number of benzene rings is 1. The molecule has 1 aromatic rings. The third kappa shape index (κ3) is 7.54. The predicted octanol–water partition coefficient (Wildman–Crippen LogP) is 4.86. The van der Waals surface area contributed by atoms with Gasteiger partial charge >= 0.3 is 5.97 Å². The van der Waals surface area contributed by atoms with E-state index >= 15 is 0 Å². The first kappa shape index (κ1) is 37.2. The van der Waals surface area contributed by atoms with Crippen LogP contribution in [0.5, 0.6) is 0 Å². The van der Waals surface area contributed by atoms with E-state index < -0.39 is 53.5 Å². The minimum Gasteiger partial charge on any atom is -0.463 e. The van der Waals surface area contributed by atoms with E-state index in [-0.39, 0.29) is 48.2 Å². The summed E-state index contributed by atoms with van der Waals surface area (Å²) in [5.74, 6) is -3.04. The molecule has 1 aromatic carbocycles. The van der Waals surface area contributed by atoms with Gasteiger partial charge in [-0.25, -0.2) is 0 Å². The van der Waals surface area contributed by atoms with Crippen LogP contribution in [0, 0.1) is 17.8 Å². The van der Waals surface area contributed by atoms with Crippen molar-refractivity contribution in [1.29, 1.82) is 0 Å². The second-order valence-corrected chi connectivity index (χ2v) is 15.6. The number of ether oxygens (including phenoxy) is 2. The molecule has 2 N–H and O–H groups in total. The Labute approximate surface area is 298 Å². The normalized spacial score (nSPS) is 29.0. The highest BCUT2D eigenvalue weighted by Gasteiger charge is 2.77. The summed E-state index contributed by atoms with van der Waals surface area (Å²) in [5.41, 5.74) is -0.508. The Morgan fingerprint density at radius 1 is 1.16 bits per heavy atom. The number of nitrogens with one attached hydrogen (secondary N) is 1. The molecule has 8 atom stereocenters. The maximum absolute atomic E-state index is 14.9. The van der Waals surface area contributed by atoms with Crippen LogP contribution in [0.25, 0.3) is 0 Å². The number of amides is 3. The SMILES string of the molecule is C=CCCC(=O)OC[C@H](NC(=O)[C@@H]1[C@H]2O[C@@]3(CC2Br)[C@H](C(=O)N(CC=C)C2CCCCC2)N([C@@H](CO)CC(C)C)C(=O)[C@@H]13)c1ccccc1. The van der Waals surface area contributed by atoms with Gasteiger partial charge in [0.1, 0.15) is 18.2 Å². The molecule has 3 aliphatic heterocycles. The number of aliphatic hydroxyl groups excluding tert-OH is 1. The van der Waals surface area contributed by atoms with Crippen LogP contribution >= 0.6 is 15.9 Å². The van der Waals surface area contributed by atoms with Crippen molar-refractivity contribution >= 4 is 39.6 Å². The van der Waals surface area contributed by atoms with Gasteiger partial charge in [0.25, 0.3) is 0 Å². The topological polar surface area (TPSA) is 125 Å².